The Labute approximate surface area is 116 Å². The van der Waals surface area contributed by atoms with Gasteiger partial charge in [0.15, 0.2) is 6.35 Å². The van der Waals surface area contributed by atoms with Crippen LogP contribution in [0.2, 0.25) is 0 Å². The summed E-state index contributed by atoms with van der Waals surface area (Å²) >= 11 is 0. The highest BCUT2D eigenvalue weighted by atomic mass is 16.5. The van der Waals surface area contributed by atoms with E-state index in [1.165, 1.54) is 0 Å². The summed E-state index contributed by atoms with van der Waals surface area (Å²) in [5.41, 5.74) is 9.46. The number of aromatic nitrogens is 3. The molecule has 3 rings (SSSR count). The van der Waals surface area contributed by atoms with Crippen LogP contribution in [-0.2, 0) is 13.0 Å². The van der Waals surface area contributed by atoms with E-state index in [4.69, 9.17) is 10.5 Å². The first kappa shape index (κ1) is 13.0. The van der Waals surface area contributed by atoms with Crippen molar-refractivity contribution in [3.8, 4) is 17.1 Å². The average molecular weight is 275 g/mol. The van der Waals surface area contributed by atoms with Crippen LogP contribution < -0.4 is 10.5 Å². The third-order valence-corrected chi connectivity index (χ3v) is 3.56. The molecule has 0 saturated carbocycles. The van der Waals surface area contributed by atoms with Crippen LogP contribution in [-0.4, -0.2) is 45.2 Å². The highest BCUT2D eigenvalue weighted by molar-refractivity contribution is 5.63. The first-order valence-electron chi connectivity index (χ1n) is 6.43. The highest BCUT2D eigenvalue weighted by Gasteiger charge is 2.25. The molecule has 0 bridgehead atoms. The molecule has 2 aromatic heterocycles. The van der Waals surface area contributed by atoms with Crippen LogP contribution in [0, 0.1) is 0 Å². The minimum atomic E-state index is -0.945. The van der Waals surface area contributed by atoms with E-state index in [-0.39, 0.29) is 0 Å². The van der Waals surface area contributed by atoms with Crippen LogP contribution >= 0.6 is 0 Å². The molecule has 20 heavy (non-hydrogen) atoms. The molecule has 0 aliphatic carbocycles. The number of aliphatic hydroxyl groups excluding tert-OH is 1. The minimum absolute atomic E-state index is 0.567. The van der Waals surface area contributed by atoms with Gasteiger partial charge in [0.05, 0.1) is 12.8 Å². The molecule has 3 heterocycles. The zero-order chi connectivity index (χ0) is 14.1. The Morgan fingerprint density at radius 2 is 2.35 bits per heavy atom. The number of nitrogens with zero attached hydrogens (tertiary/aromatic N) is 3. The smallest absolute Gasteiger partial charge is 0.212 e. The molecule has 0 amide bonds. The van der Waals surface area contributed by atoms with E-state index in [2.05, 4.69) is 15.2 Å². The molecule has 0 aromatic carbocycles. The van der Waals surface area contributed by atoms with Gasteiger partial charge < -0.3 is 9.84 Å². The van der Waals surface area contributed by atoms with Crippen LogP contribution in [0.15, 0.2) is 18.3 Å². The maximum absolute atomic E-state index is 9.51. The molecule has 0 saturated heterocycles. The number of rotatable bonds is 3. The van der Waals surface area contributed by atoms with Gasteiger partial charge in [-0.15, -0.1) is 0 Å². The normalized spacial score (nSPS) is 16.8. The molecular weight excluding hydrogens is 258 g/mol. The summed E-state index contributed by atoms with van der Waals surface area (Å²) in [5, 5.41) is 16.9. The fourth-order valence-electron chi connectivity index (χ4n) is 2.42. The zero-order valence-corrected chi connectivity index (χ0v) is 11.2. The Hall–Kier alpha value is -1.96. The van der Waals surface area contributed by atoms with E-state index in [0.717, 1.165) is 28.9 Å². The average Bonchev–Trinajstić information content (AvgIpc) is 2.90. The Morgan fingerprint density at radius 1 is 1.50 bits per heavy atom. The lowest BCUT2D eigenvalue weighted by molar-refractivity contribution is -0.000417. The monoisotopic (exact) mass is 275 g/mol. The lowest BCUT2D eigenvalue weighted by Gasteiger charge is -2.28. The lowest BCUT2D eigenvalue weighted by Crippen LogP contribution is -2.44. The van der Waals surface area contributed by atoms with Crippen LogP contribution in [0.25, 0.3) is 11.3 Å². The van der Waals surface area contributed by atoms with Crippen molar-refractivity contribution in [1.29, 1.82) is 0 Å². The molecule has 4 N–H and O–H groups in total. The molecule has 0 fully saturated rings. The molecule has 2 aromatic rings. The summed E-state index contributed by atoms with van der Waals surface area (Å²) < 4.78 is 5.05. The number of pyridine rings is 1. The summed E-state index contributed by atoms with van der Waals surface area (Å²) in [6, 6.07) is 3.72. The number of hydrogen-bond donors (Lipinski definition) is 3. The third-order valence-electron chi connectivity index (χ3n) is 3.56. The third kappa shape index (κ3) is 2.26. The number of aliphatic hydroxyl groups is 1. The summed E-state index contributed by atoms with van der Waals surface area (Å²) in [5.74, 6) is 0.567. The molecule has 1 aliphatic heterocycles. The van der Waals surface area contributed by atoms with Crippen LogP contribution in [0.5, 0.6) is 5.88 Å². The Kier molecular flexibility index (Phi) is 3.39. The minimum Gasteiger partial charge on any atom is -0.481 e. The molecule has 7 nitrogen and oxygen atoms in total. The van der Waals surface area contributed by atoms with Crippen molar-refractivity contribution >= 4 is 0 Å². The summed E-state index contributed by atoms with van der Waals surface area (Å²) in [6.45, 7) is 1.29. The van der Waals surface area contributed by atoms with E-state index in [1.807, 2.05) is 6.07 Å². The highest BCUT2D eigenvalue weighted by Crippen LogP contribution is 2.28. The van der Waals surface area contributed by atoms with Gasteiger partial charge in [-0.25, -0.2) is 4.98 Å². The van der Waals surface area contributed by atoms with Gasteiger partial charge in [-0.05, 0) is 6.07 Å². The maximum atomic E-state index is 9.51. The predicted molar refractivity (Wildman–Crippen MR) is 72.7 cm³/mol. The van der Waals surface area contributed by atoms with Gasteiger partial charge in [-0.1, -0.05) is 0 Å². The molecular formula is C13H17N5O2. The molecule has 106 valence electrons. The van der Waals surface area contributed by atoms with Crippen molar-refractivity contribution in [2.75, 3.05) is 13.7 Å². The van der Waals surface area contributed by atoms with Crippen LogP contribution in [0.4, 0.5) is 0 Å². The second-order valence-electron chi connectivity index (χ2n) is 4.75. The van der Waals surface area contributed by atoms with Gasteiger partial charge in [-0.2, -0.15) is 5.10 Å². The number of hydrogen-bond acceptors (Lipinski definition) is 6. The fourth-order valence-corrected chi connectivity index (χ4v) is 2.42. The molecule has 7 heteroatoms. The largest absolute Gasteiger partial charge is 0.481 e. The number of fused-ring (bicyclic) bond motifs is 1. The first-order valence-corrected chi connectivity index (χ1v) is 6.43. The second kappa shape index (κ2) is 5.20. The van der Waals surface area contributed by atoms with E-state index in [1.54, 1.807) is 24.3 Å². The lowest BCUT2D eigenvalue weighted by atomic mass is 10.0. The van der Waals surface area contributed by atoms with Gasteiger partial charge in [-0.3, -0.25) is 15.7 Å². The van der Waals surface area contributed by atoms with Crippen molar-refractivity contribution in [2.24, 2.45) is 5.73 Å². The molecule has 1 aliphatic rings. The molecule has 1 atom stereocenters. The van der Waals surface area contributed by atoms with E-state index in [0.29, 0.717) is 19.0 Å². The number of nitrogens with two attached hydrogens (primary N) is 1. The van der Waals surface area contributed by atoms with Crippen molar-refractivity contribution in [3.63, 3.8) is 0 Å². The SMILES string of the molecule is COc1ccc(-c2n[nH]c3c2CN(C(N)O)CC3)cn1. The van der Waals surface area contributed by atoms with E-state index < -0.39 is 6.35 Å². The molecule has 0 radical (unpaired) electrons. The second-order valence-corrected chi connectivity index (χ2v) is 4.75. The van der Waals surface area contributed by atoms with Crippen molar-refractivity contribution < 1.29 is 9.84 Å². The number of aromatic amines is 1. The summed E-state index contributed by atoms with van der Waals surface area (Å²) in [6.07, 6.45) is 1.58. The van der Waals surface area contributed by atoms with Gasteiger partial charge >= 0.3 is 0 Å². The summed E-state index contributed by atoms with van der Waals surface area (Å²) in [7, 11) is 1.58. The maximum Gasteiger partial charge on any atom is 0.212 e. The van der Waals surface area contributed by atoms with Crippen molar-refractivity contribution in [2.45, 2.75) is 19.3 Å². The Morgan fingerprint density at radius 3 is 3.00 bits per heavy atom. The fraction of sp³-hybridized carbons (Fsp3) is 0.385. The van der Waals surface area contributed by atoms with Gasteiger partial charge in [0, 0.05) is 48.6 Å². The van der Waals surface area contributed by atoms with Crippen molar-refractivity contribution in [1.82, 2.24) is 20.1 Å². The van der Waals surface area contributed by atoms with Crippen LogP contribution in [0.3, 0.4) is 0 Å². The number of ether oxygens (including phenoxy) is 1. The zero-order valence-electron chi connectivity index (χ0n) is 11.2. The van der Waals surface area contributed by atoms with Gasteiger partial charge in [0.2, 0.25) is 5.88 Å². The van der Waals surface area contributed by atoms with E-state index in [9.17, 15) is 5.11 Å². The number of methoxy groups -OCH3 is 1. The predicted octanol–water partition coefficient (Wildman–Crippen LogP) is 0.0730. The Balaban J connectivity index is 1.93. The van der Waals surface area contributed by atoms with Gasteiger partial charge in [0.25, 0.3) is 0 Å². The quantitative estimate of drug-likeness (QED) is 0.686. The standard InChI is InChI=1S/C13H17N5O2/c1-20-11-3-2-8(6-15-11)12-9-7-18(13(14)19)5-4-10(9)16-17-12/h2-3,6,13,19H,4-5,7,14H2,1H3,(H,16,17). The Bertz CT molecular complexity index is 593. The topological polar surface area (TPSA) is 100 Å². The molecule has 0 spiro atoms. The number of H-pyrrole nitrogens is 1. The molecule has 1 unspecified atom stereocenters. The first-order chi connectivity index (χ1) is 9.69. The summed E-state index contributed by atoms with van der Waals surface area (Å²) in [4.78, 5) is 6.00. The van der Waals surface area contributed by atoms with Gasteiger partial charge in [0.1, 0.15) is 0 Å². The van der Waals surface area contributed by atoms with E-state index >= 15 is 0 Å². The van der Waals surface area contributed by atoms with Crippen LogP contribution in [0.1, 0.15) is 11.3 Å². The van der Waals surface area contributed by atoms with Crippen molar-refractivity contribution in [3.05, 3.63) is 29.6 Å². The number of nitrogens with one attached hydrogen (secondary N) is 1.